The van der Waals surface area contributed by atoms with Gasteiger partial charge in [0.2, 0.25) is 5.91 Å². The quantitative estimate of drug-likeness (QED) is 0.391. The minimum Gasteiger partial charge on any atom is -0.484 e. The molecule has 6 atom stereocenters. The molecule has 200 valence electrons. The molecule has 4 N–H and O–H groups in total. The highest BCUT2D eigenvalue weighted by atomic mass is 19.4. The van der Waals surface area contributed by atoms with Gasteiger partial charge in [-0.05, 0) is 60.9 Å². The number of benzene rings is 1. The number of aliphatic hydroxyl groups excluding tert-OH is 2. The molecule has 1 saturated carbocycles. The number of amides is 2. The fourth-order valence-corrected chi connectivity index (χ4v) is 5.63. The molecular weight excluding hydrogens is 483 g/mol. The number of rotatable bonds is 9. The number of hydrogen-bond acceptors (Lipinski definition) is 7. The third-order valence-corrected chi connectivity index (χ3v) is 7.69. The second-order valence-electron chi connectivity index (χ2n) is 10.3. The number of nitrogens with one attached hydrogen (secondary N) is 2. The Morgan fingerprint density at radius 3 is 2.50 bits per heavy atom. The Hall–Kier alpha value is -2.57. The predicted octanol–water partition coefficient (Wildman–Crippen LogP) is 1.24. The Morgan fingerprint density at radius 1 is 1.25 bits per heavy atom. The molecule has 0 radical (unpaired) electrons. The van der Waals surface area contributed by atoms with E-state index in [0.717, 1.165) is 18.6 Å². The lowest BCUT2D eigenvalue weighted by atomic mass is 9.96. The fraction of sp³-hybridized carbons (Fsp3) is 0.667. The molecule has 0 spiro atoms. The Morgan fingerprint density at radius 2 is 1.92 bits per heavy atom. The van der Waals surface area contributed by atoms with Crippen LogP contribution in [0, 0.1) is 23.2 Å². The number of halogens is 3. The predicted molar refractivity (Wildman–Crippen MR) is 121 cm³/mol. The second-order valence-corrected chi connectivity index (χ2v) is 10.3. The van der Waals surface area contributed by atoms with Crippen LogP contribution in [-0.4, -0.2) is 77.9 Å². The van der Waals surface area contributed by atoms with Crippen LogP contribution in [0.5, 0.6) is 11.5 Å². The van der Waals surface area contributed by atoms with Crippen molar-refractivity contribution < 1.29 is 42.4 Å². The first-order valence-corrected chi connectivity index (χ1v) is 12.0. The molecule has 36 heavy (non-hydrogen) atoms. The van der Waals surface area contributed by atoms with E-state index < -0.39 is 36.3 Å². The van der Waals surface area contributed by atoms with Crippen LogP contribution < -0.4 is 20.1 Å². The maximum absolute atomic E-state index is 13.3. The molecule has 2 unspecified atom stereocenters. The minimum atomic E-state index is -4.80. The molecule has 2 amide bonds. The Balaban J connectivity index is 1.36. The molecule has 4 rings (SSSR count). The van der Waals surface area contributed by atoms with Crippen LogP contribution in [0.1, 0.15) is 26.7 Å². The van der Waals surface area contributed by atoms with Crippen molar-refractivity contribution >= 4 is 11.8 Å². The lowest BCUT2D eigenvalue weighted by Gasteiger charge is -2.31. The standard InChI is InChI=1S/C24H32F3N3O6/c1-23(2)17-10-30(18(32)12-35-15-3-5-16(6-4-15)36-24(25,26)27)20(19(17)23)22(34)29-14(11-31)9-13-7-8-28-21(13)33/h3-6,13-14,17,19-21,28,31,33H,7-12H2,1-2H3,(H,29,34)/t13-,14-,17?,19-,20-,21?/m0/s1. The SMILES string of the molecule is CC1(C)C2CN(C(=O)COc3ccc(OC(F)(F)F)cc3)[C@H](C(=O)N[C@H](CO)C[C@@H]3CCNC3O)[C@H]21. The number of hydrogen-bond donors (Lipinski definition) is 4. The number of likely N-dealkylation sites (tertiary alicyclic amines) is 1. The summed E-state index contributed by atoms with van der Waals surface area (Å²) < 4.78 is 46.2. The highest BCUT2D eigenvalue weighted by molar-refractivity contribution is 5.90. The van der Waals surface area contributed by atoms with Crippen molar-refractivity contribution in [3.05, 3.63) is 24.3 Å². The van der Waals surface area contributed by atoms with E-state index in [-0.39, 0.29) is 48.0 Å². The van der Waals surface area contributed by atoms with Crippen LogP contribution in [0.15, 0.2) is 24.3 Å². The van der Waals surface area contributed by atoms with Crippen molar-refractivity contribution in [3.8, 4) is 11.5 Å². The van der Waals surface area contributed by atoms with Gasteiger partial charge in [0, 0.05) is 12.5 Å². The van der Waals surface area contributed by atoms with E-state index in [1.807, 2.05) is 0 Å². The van der Waals surface area contributed by atoms with Crippen molar-refractivity contribution in [1.82, 2.24) is 15.5 Å². The van der Waals surface area contributed by atoms with Gasteiger partial charge in [-0.3, -0.25) is 14.9 Å². The first-order chi connectivity index (χ1) is 16.9. The summed E-state index contributed by atoms with van der Waals surface area (Å²) in [5.74, 6) is -0.941. The van der Waals surface area contributed by atoms with E-state index in [4.69, 9.17) is 4.74 Å². The highest BCUT2D eigenvalue weighted by Gasteiger charge is 2.69. The lowest BCUT2D eigenvalue weighted by Crippen LogP contribution is -2.54. The molecule has 2 saturated heterocycles. The summed E-state index contributed by atoms with van der Waals surface area (Å²) >= 11 is 0. The van der Waals surface area contributed by atoms with E-state index in [1.54, 1.807) is 0 Å². The number of nitrogens with zero attached hydrogens (tertiary/aromatic N) is 1. The normalized spacial score (nSPS) is 29.4. The van der Waals surface area contributed by atoms with Crippen LogP contribution >= 0.6 is 0 Å². The first-order valence-electron chi connectivity index (χ1n) is 12.0. The van der Waals surface area contributed by atoms with E-state index >= 15 is 0 Å². The Kier molecular flexibility index (Phi) is 7.40. The summed E-state index contributed by atoms with van der Waals surface area (Å²) in [6.45, 7) is 4.49. The van der Waals surface area contributed by atoms with Crippen LogP contribution in [-0.2, 0) is 9.59 Å². The lowest BCUT2D eigenvalue weighted by molar-refractivity contribution is -0.274. The fourth-order valence-electron chi connectivity index (χ4n) is 5.63. The summed E-state index contributed by atoms with van der Waals surface area (Å²) in [5, 5.41) is 25.6. The van der Waals surface area contributed by atoms with Gasteiger partial charge in [-0.2, -0.15) is 0 Å². The largest absolute Gasteiger partial charge is 0.573 e. The summed E-state index contributed by atoms with van der Waals surface area (Å²) in [7, 11) is 0. The monoisotopic (exact) mass is 515 g/mol. The zero-order valence-electron chi connectivity index (χ0n) is 20.1. The van der Waals surface area contributed by atoms with Crippen molar-refractivity contribution in [1.29, 1.82) is 0 Å². The molecule has 2 aliphatic heterocycles. The van der Waals surface area contributed by atoms with Crippen molar-refractivity contribution in [2.24, 2.45) is 23.2 Å². The van der Waals surface area contributed by atoms with Crippen LogP contribution in [0.2, 0.25) is 0 Å². The molecule has 3 aliphatic rings. The number of carbonyl (C=O) groups is 2. The van der Waals surface area contributed by atoms with Crippen molar-refractivity contribution in [3.63, 3.8) is 0 Å². The van der Waals surface area contributed by atoms with Gasteiger partial charge in [-0.15, -0.1) is 13.2 Å². The number of piperidine rings is 1. The summed E-state index contributed by atoms with van der Waals surface area (Å²) in [4.78, 5) is 27.8. The molecule has 1 aromatic rings. The molecule has 9 nitrogen and oxygen atoms in total. The first kappa shape index (κ1) is 26.5. The van der Waals surface area contributed by atoms with Crippen LogP contribution in [0.3, 0.4) is 0 Å². The number of aliphatic hydroxyl groups is 2. The molecule has 3 fully saturated rings. The summed E-state index contributed by atoms with van der Waals surface area (Å²) in [6.07, 6.45) is -4.34. The van der Waals surface area contributed by atoms with E-state index in [1.165, 1.54) is 17.0 Å². The molecule has 1 aliphatic carbocycles. The topological polar surface area (TPSA) is 120 Å². The molecular formula is C24H32F3N3O6. The maximum Gasteiger partial charge on any atom is 0.573 e. The van der Waals surface area contributed by atoms with E-state index in [2.05, 4.69) is 29.2 Å². The van der Waals surface area contributed by atoms with Gasteiger partial charge in [-0.25, -0.2) is 0 Å². The maximum atomic E-state index is 13.3. The third kappa shape index (κ3) is 5.70. The van der Waals surface area contributed by atoms with Gasteiger partial charge in [0.25, 0.3) is 5.91 Å². The number of ether oxygens (including phenoxy) is 2. The summed E-state index contributed by atoms with van der Waals surface area (Å²) in [6, 6.07) is 3.43. The zero-order valence-corrected chi connectivity index (χ0v) is 20.1. The average molecular weight is 516 g/mol. The van der Waals surface area contributed by atoms with E-state index in [9.17, 15) is 33.0 Å². The van der Waals surface area contributed by atoms with Gasteiger partial charge in [0.15, 0.2) is 6.61 Å². The highest BCUT2D eigenvalue weighted by Crippen LogP contribution is 2.64. The summed E-state index contributed by atoms with van der Waals surface area (Å²) in [5.41, 5.74) is -0.103. The molecule has 1 aromatic carbocycles. The van der Waals surface area contributed by atoms with Crippen molar-refractivity contribution in [2.45, 2.75) is 51.4 Å². The Bertz CT molecular complexity index is 957. The third-order valence-electron chi connectivity index (χ3n) is 7.69. The minimum absolute atomic E-state index is 0.0293. The van der Waals surface area contributed by atoms with Crippen LogP contribution in [0.25, 0.3) is 0 Å². The van der Waals surface area contributed by atoms with Gasteiger partial charge in [0.1, 0.15) is 23.8 Å². The smallest absolute Gasteiger partial charge is 0.484 e. The van der Waals surface area contributed by atoms with Gasteiger partial charge in [0.05, 0.1) is 12.6 Å². The van der Waals surface area contributed by atoms with Gasteiger partial charge in [-0.1, -0.05) is 13.8 Å². The van der Waals surface area contributed by atoms with Crippen LogP contribution in [0.4, 0.5) is 13.2 Å². The van der Waals surface area contributed by atoms with Gasteiger partial charge < -0.3 is 29.9 Å². The molecule has 12 heteroatoms. The van der Waals surface area contributed by atoms with Gasteiger partial charge >= 0.3 is 6.36 Å². The Labute approximate surface area is 206 Å². The zero-order chi connectivity index (χ0) is 26.3. The molecule has 2 heterocycles. The molecule has 0 aromatic heterocycles. The number of fused-ring (bicyclic) bond motifs is 1. The second kappa shape index (κ2) is 10.1. The number of carbonyl (C=O) groups excluding carboxylic acids is 2. The average Bonchev–Trinajstić information content (AvgIpc) is 3.16. The van der Waals surface area contributed by atoms with E-state index in [0.29, 0.717) is 19.5 Å². The molecule has 0 bridgehead atoms. The van der Waals surface area contributed by atoms with Crippen molar-refractivity contribution in [2.75, 3.05) is 26.3 Å². The number of alkyl halides is 3.